The molecular formula is C27H35N3O5S. The molecule has 1 N–H and O–H groups in total. The standard InChI is InChI=1S/C27H35N3O5S/c1-17(27-13-18-9-19(14-27)11-20(10-18)15-27)28-25(31)16-35-26(32)21-6-7-22-23(12-21)36(33,34)29-24-5-3-2-4-8-30(22)24/h6-7,12,17-20H,2-5,8-11,13-16H2,1H3,(H,28,31)/t17-,18?,19?,20?,27?/m1/s1. The first kappa shape index (κ1) is 23.9. The van der Waals surface area contributed by atoms with E-state index in [0.717, 1.165) is 37.0 Å². The maximum atomic E-state index is 12.8. The average molecular weight is 514 g/mol. The Bertz CT molecular complexity index is 1190. The van der Waals surface area contributed by atoms with Crippen molar-refractivity contribution in [3.63, 3.8) is 0 Å². The summed E-state index contributed by atoms with van der Waals surface area (Å²) >= 11 is 0. The summed E-state index contributed by atoms with van der Waals surface area (Å²) in [6.07, 6.45) is 11.1. The second-order valence-corrected chi connectivity index (χ2v) is 13.3. The predicted octanol–water partition coefficient (Wildman–Crippen LogP) is 4.05. The average Bonchev–Trinajstić information content (AvgIpc) is 3.06. The zero-order valence-corrected chi connectivity index (χ0v) is 21.7. The fourth-order valence-electron chi connectivity index (χ4n) is 7.97. The van der Waals surface area contributed by atoms with Crippen LogP contribution in [0.3, 0.4) is 0 Å². The molecular weight excluding hydrogens is 478 g/mol. The van der Waals surface area contributed by atoms with Crippen molar-refractivity contribution in [2.24, 2.45) is 27.6 Å². The van der Waals surface area contributed by atoms with E-state index in [0.29, 0.717) is 24.5 Å². The molecule has 4 bridgehead atoms. The topological polar surface area (TPSA) is 105 Å². The van der Waals surface area contributed by atoms with Crippen molar-refractivity contribution in [1.29, 1.82) is 0 Å². The molecule has 1 aromatic rings. The summed E-state index contributed by atoms with van der Waals surface area (Å²) in [6, 6.07) is 4.60. The zero-order chi connectivity index (χ0) is 25.1. The molecule has 1 amide bonds. The summed E-state index contributed by atoms with van der Waals surface area (Å²) in [5.74, 6) is 1.93. The Morgan fingerprint density at radius 2 is 1.81 bits per heavy atom. The van der Waals surface area contributed by atoms with Crippen LogP contribution in [0.2, 0.25) is 0 Å². The maximum absolute atomic E-state index is 12.8. The monoisotopic (exact) mass is 513 g/mol. The van der Waals surface area contributed by atoms with Crippen molar-refractivity contribution in [3.05, 3.63) is 23.8 Å². The quantitative estimate of drug-likeness (QED) is 0.596. The lowest BCUT2D eigenvalue weighted by atomic mass is 9.48. The molecule has 1 saturated heterocycles. The molecule has 0 aromatic heterocycles. The van der Waals surface area contributed by atoms with Gasteiger partial charge in [0.05, 0.1) is 11.3 Å². The van der Waals surface area contributed by atoms with Crippen molar-refractivity contribution in [1.82, 2.24) is 5.32 Å². The molecule has 7 rings (SSSR count). The number of fused-ring (bicyclic) bond motifs is 3. The van der Waals surface area contributed by atoms with Gasteiger partial charge >= 0.3 is 5.97 Å². The largest absolute Gasteiger partial charge is 0.452 e. The number of anilines is 1. The van der Waals surface area contributed by atoms with Gasteiger partial charge in [-0.25, -0.2) is 4.79 Å². The van der Waals surface area contributed by atoms with Crippen molar-refractivity contribution in [3.8, 4) is 0 Å². The molecule has 2 heterocycles. The van der Waals surface area contributed by atoms with E-state index in [4.69, 9.17) is 4.74 Å². The number of carbonyl (C=O) groups is 2. The van der Waals surface area contributed by atoms with Crippen molar-refractivity contribution >= 4 is 33.4 Å². The molecule has 6 aliphatic rings. The molecule has 4 saturated carbocycles. The predicted molar refractivity (Wildman–Crippen MR) is 135 cm³/mol. The van der Waals surface area contributed by atoms with E-state index in [1.54, 1.807) is 12.1 Å². The molecule has 1 aromatic carbocycles. The number of carbonyl (C=O) groups excluding carboxylic acids is 2. The van der Waals surface area contributed by atoms with E-state index in [1.165, 1.54) is 44.6 Å². The van der Waals surface area contributed by atoms with Crippen LogP contribution >= 0.6 is 0 Å². The van der Waals surface area contributed by atoms with E-state index < -0.39 is 16.0 Å². The van der Waals surface area contributed by atoms with Crippen LogP contribution in [-0.4, -0.2) is 45.3 Å². The molecule has 0 radical (unpaired) electrons. The van der Waals surface area contributed by atoms with E-state index in [-0.39, 0.29) is 34.4 Å². The molecule has 9 heteroatoms. The third-order valence-corrected chi connectivity index (χ3v) is 10.6. The highest BCUT2D eigenvalue weighted by atomic mass is 32.2. The minimum atomic E-state index is -3.89. The van der Waals surface area contributed by atoms with Gasteiger partial charge in [-0.15, -0.1) is 4.40 Å². The number of esters is 1. The summed E-state index contributed by atoms with van der Waals surface area (Å²) in [6.45, 7) is 2.42. The maximum Gasteiger partial charge on any atom is 0.338 e. The summed E-state index contributed by atoms with van der Waals surface area (Å²) in [4.78, 5) is 27.4. The number of sulfonamides is 1. The second-order valence-electron chi connectivity index (χ2n) is 11.8. The van der Waals surface area contributed by atoms with Crippen molar-refractivity contribution in [2.45, 2.75) is 82.1 Å². The highest BCUT2D eigenvalue weighted by Gasteiger charge is 2.53. The van der Waals surface area contributed by atoms with Gasteiger partial charge in [-0.2, -0.15) is 8.42 Å². The fourth-order valence-corrected chi connectivity index (χ4v) is 9.25. The summed E-state index contributed by atoms with van der Waals surface area (Å²) in [7, 11) is -3.89. The van der Waals surface area contributed by atoms with Crippen LogP contribution < -0.4 is 10.2 Å². The first-order valence-electron chi connectivity index (χ1n) is 13.4. The van der Waals surface area contributed by atoms with Crippen LogP contribution in [0, 0.1) is 23.2 Å². The molecule has 2 aliphatic heterocycles. The zero-order valence-electron chi connectivity index (χ0n) is 20.9. The third kappa shape index (κ3) is 4.23. The molecule has 36 heavy (non-hydrogen) atoms. The lowest BCUT2D eigenvalue weighted by Gasteiger charge is -2.59. The van der Waals surface area contributed by atoms with Crippen LogP contribution in [0.5, 0.6) is 0 Å². The fraction of sp³-hybridized carbons (Fsp3) is 0.667. The van der Waals surface area contributed by atoms with Gasteiger partial charge in [0.2, 0.25) is 0 Å². The Kier molecular flexibility index (Phi) is 5.89. The lowest BCUT2D eigenvalue weighted by molar-refractivity contribution is -0.128. The number of hydrogen-bond donors (Lipinski definition) is 1. The Labute approximate surface area is 212 Å². The van der Waals surface area contributed by atoms with Gasteiger partial charge in [0.1, 0.15) is 10.7 Å². The van der Waals surface area contributed by atoms with E-state index in [2.05, 4.69) is 16.6 Å². The van der Waals surface area contributed by atoms with E-state index in [9.17, 15) is 18.0 Å². The Balaban J connectivity index is 1.10. The second kappa shape index (κ2) is 8.85. The Morgan fingerprint density at radius 3 is 2.50 bits per heavy atom. The number of hydrogen-bond acceptors (Lipinski definition) is 6. The van der Waals surface area contributed by atoms with Gasteiger partial charge in [0.25, 0.3) is 15.9 Å². The third-order valence-electron chi connectivity index (χ3n) is 9.30. The molecule has 5 fully saturated rings. The molecule has 8 nitrogen and oxygen atoms in total. The number of ether oxygens (including phenoxy) is 1. The van der Waals surface area contributed by atoms with Crippen LogP contribution in [0.15, 0.2) is 27.5 Å². The van der Waals surface area contributed by atoms with Gasteiger partial charge in [0, 0.05) is 19.0 Å². The van der Waals surface area contributed by atoms with Gasteiger partial charge in [-0.3, -0.25) is 4.79 Å². The van der Waals surface area contributed by atoms with Gasteiger partial charge < -0.3 is 15.0 Å². The first-order chi connectivity index (χ1) is 17.2. The van der Waals surface area contributed by atoms with Crippen LogP contribution in [0.1, 0.15) is 81.5 Å². The van der Waals surface area contributed by atoms with Gasteiger partial charge in [0.15, 0.2) is 6.61 Å². The molecule has 194 valence electrons. The molecule has 1 atom stereocenters. The van der Waals surface area contributed by atoms with Crippen LogP contribution in [0.4, 0.5) is 5.69 Å². The van der Waals surface area contributed by atoms with Crippen molar-refractivity contribution in [2.75, 3.05) is 18.1 Å². The van der Waals surface area contributed by atoms with E-state index >= 15 is 0 Å². The van der Waals surface area contributed by atoms with Gasteiger partial charge in [-0.05, 0) is 99.7 Å². The summed E-state index contributed by atoms with van der Waals surface area (Å²) in [5, 5.41) is 3.11. The molecule has 4 aliphatic carbocycles. The van der Waals surface area contributed by atoms with E-state index in [1.807, 2.05) is 4.90 Å². The minimum Gasteiger partial charge on any atom is -0.452 e. The summed E-state index contributed by atoms with van der Waals surface area (Å²) < 4.78 is 35.0. The molecule has 0 spiro atoms. The lowest BCUT2D eigenvalue weighted by Crippen LogP contribution is -2.56. The number of nitrogens with zero attached hydrogens (tertiary/aromatic N) is 2. The number of rotatable bonds is 5. The first-order valence-corrected chi connectivity index (χ1v) is 14.9. The van der Waals surface area contributed by atoms with Gasteiger partial charge in [-0.1, -0.05) is 6.42 Å². The Morgan fingerprint density at radius 1 is 1.11 bits per heavy atom. The smallest absolute Gasteiger partial charge is 0.338 e. The normalized spacial score (nSPS) is 32.5. The summed E-state index contributed by atoms with van der Waals surface area (Å²) in [5.41, 5.74) is 0.835. The number of benzene rings is 1. The highest BCUT2D eigenvalue weighted by molar-refractivity contribution is 7.90. The number of amidine groups is 1. The highest BCUT2D eigenvalue weighted by Crippen LogP contribution is 2.61. The minimum absolute atomic E-state index is 0.0162. The van der Waals surface area contributed by atoms with Crippen molar-refractivity contribution < 1.29 is 22.7 Å². The SMILES string of the molecule is C[C@@H](NC(=O)COC(=O)c1ccc2c(c1)S(=O)(=O)N=C1CCCCCN12)C12CC3CC(CC(C3)C1)C2. The number of nitrogens with one attached hydrogen (secondary N) is 1. The van der Waals surface area contributed by atoms with Crippen LogP contribution in [0.25, 0.3) is 0 Å². The van der Waals surface area contributed by atoms with Crippen LogP contribution in [-0.2, 0) is 19.6 Å². The molecule has 0 unspecified atom stereocenters. The number of amides is 1. The Hall–Kier alpha value is -2.42.